The molecule has 98 valence electrons. The highest BCUT2D eigenvalue weighted by atomic mass is 19.1. The van der Waals surface area contributed by atoms with Crippen LogP contribution in [-0.4, -0.2) is 41.4 Å². The van der Waals surface area contributed by atoms with Crippen LogP contribution in [-0.2, 0) is 0 Å². The zero-order valence-corrected chi connectivity index (χ0v) is 9.74. The fourth-order valence-corrected chi connectivity index (χ4v) is 1.95. The number of amides is 1. The molecule has 1 saturated heterocycles. The highest BCUT2D eigenvalue weighted by Crippen LogP contribution is 2.20. The Morgan fingerprint density at radius 3 is 2.94 bits per heavy atom. The summed E-state index contributed by atoms with van der Waals surface area (Å²) in [4.78, 5) is 11.7. The number of phenols is 1. The lowest BCUT2D eigenvalue weighted by Crippen LogP contribution is -2.44. The average Bonchev–Trinajstić information content (AvgIpc) is 2.74. The Morgan fingerprint density at radius 2 is 2.33 bits per heavy atom. The molecule has 1 amide bonds. The van der Waals surface area contributed by atoms with Crippen molar-refractivity contribution in [1.82, 2.24) is 10.6 Å². The van der Waals surface area contributed by atoms with E-state index < -0.39 is 28.6 Å². The lowest BCUT2D eigenvalue weighted by Gasteiger charge is -2.21. The van der Waals surface area contributed by atoms with Crippen molar-refractivity contribution < 1.29 is 19.4 Å². The zero-order valence-electron chi connectivity index (χ0n) is 9.74. The number of hydrogen-bond donors (Lipinski definition) is 4. The molecule has 1 aromatic carbocycles. The molecule has 6 heteroatoms. The van der Waals surface area contributed by atoms with Crippen LogP contribution in [0.5, 0.6) is 5.75 Å². The maximum atomic E-state index is 13.4. The van der Waals surface area contributed by atoms with Gasteiger partial charge in [-0.3, -0.25) is 4.79 Å². The maximum Gasteiger partial charge on any atom is 0.258 e. The van der Waals surface area contributed by atoms with Gasteiger partial charge < -0.3 is 20.8 Å². The van der Waals surface area contributed by atoms with E-state index in [1.165, 1.54) is 12.1 Å². The first-order valence-corrected chi connectivity index (χ1v) is 5.71. The molecule has 1 fully saturated rings. The van der Waals surface area contributed by atoms with Crippen LogP contribution in [0.3, 0.4) is 0 Å². The number of carbonyl (C=O) groups excluding carboxylic acids is 1. The fraction of sp³-hybridized carbons (Fsp3) is 0.417. The summed E-state index contributed by atoms with van der Waals surface area (Å²) in [5.41, 5.74) is -1.40. The van der Waals surface area contributed by atoms with E-state index in [1.54, 1.807) is 0 Å². The molecule has 0 bridgehead atoms. The van der Waals surface area contributed by atoms with Crippen LogP contribution in [0.15, 0.2) is 18.2 Å². The number of nitrogens with one attached hydrogen (secondary N) is 2. The molecule has 1 aromatic rings. The second-order valence-corrected chi connectivity index (χ2v) is 4.47. The minimum Gasteiger partial charge on any atom is -0.507 e. The summed E-state index contributed by atoms with van der Waals surface area (Å²) in [5.74, 6) is -1.93. The van der Waals surface area contributed by atoms with Crippen molar-refractivity contribution in [1.29, 1.82) is 0 Å². The minimum atomic E-state index is -1.00. The Hall–Kier alpha value is -1.66. The number of phenolic OH excluding ortho intramolecular Hbond substituents is 1. The summed E-state index contributed by atoms with van der Waals surface area (Å²) in [7, 11) is 0. The Balaban J connectivity index is 2.04. The Morgan fingerprint density at radius 1 is 1.56 bits per heavy atom. The van der Waals surface area contributed by atoms with Gasteiger partial charge in [0.1, 0.15) is 17.1 Å². The molecule has 0 radical (unpaired) electrons. The van der Waals surface area contributed by atoms with Crippen molar-refractivity contribution in [2.45, 2.75) is 12.0 Å². The number of rotatable bonds is 3. The Bertz CT molecular complexity index is 438. The smallest absolute Gasteiger partial charge is 0.258 e. The van der Waals surface area contributed by atoms with Crippen LogP contribution >= 0.6 is 0 Å². The molecule has 0 aromatic heterocycles. The monoisotopic (exact) mass is 254 g/mol. The van der Waals surface area contributed by atoms with E-state index in [-0.39, 0.29) is 6.54 Å². The molecule has 1 unspecified atom stereocenters. The standard InChI is InChI=1S/C12H15FN2O3/c13-8-2-1-3-9(16)10(8)11(17)15-7-12(18)4-5-14-6-12/h1-3,14,16,18H,4-7H2,(H,15,17). The second-order valence-electron chi connectivity index (χ2n) is 4.47. The first-order chi connectivity index (χ1) is 8.52. The van der Waals surface area contributed by atoms with Crippen molar-refractivity contribution in [3.05, 3.63) is 29.6 Å². The van der Waals surface area contributed by atoms with Gasteiger partial charge in [-0.2, -0.15) is 0 Å². The van der Waals surface area contributed by atoms with Gasteiger partial charge in [-0.15, -0.1) is 0 Å². The van der Waals surface area contributed by atoms with E-state index >= 15 is 0 Å². The largest absolute Gasteiger partial charge is 0.507 e. The molecule has 0 spiro atoms. The van der Waals surface area contributed by atoms with Gasteiger partial charge in [0.05, 0.1) is 5.60 Å². The number of aliphatic hydroxyl groups is 1. The van der Waals surface area contributed by atoms with Gasteiger partial charge in [0.2, 0.25) is 0 Å². The van der Waals surface area contributed by atoms with Gasteiger partial charge >= 0.3 is 0 Å². The highest BCUT2D eigenvalue weighted by Gasteiger charge is 2.31. The van der Waals surface area contributed by atoms with Crippen molar-refractivity contribution in [3.63, 3.8) is 0 Å². The van der Waals surface area contributed by atoms with Crippen LogP contribution in [0.4, 0.5) is 4.39 Å². The van der Waals surface area contributed by atoms with Gasteiger partial charge in [-0.1, -0.05) is 6.07 Å². The third-order valence-electron chi connectivity index (χ3n) is 3.02. The predicted octanol–water partition coefficient (Wildman–Crippen LogP) is -0.0145. The Labute approximate surface area is 104 Å². The van der Waals surface area contributed by atoms with Crippen molar-refractivity contribution in [2.24, 2.45) is 0 Å². The number of benzene rings is 1. The van der Waals surface area contributed by atoms with Crippen LogP contribution in [0.2, 0.25) is 0 Å². The number of aromatic hydroxyl groups is 1. The summed E-state index contributed by atoms with van der Waals surface area (Å²) >= 11 is 0. The third kappa shape index (κ3) is 2.60. The summed E-state index contributed by atoms with van der Waals surface area (Å²) in [5, 5.41) is 24.8. The summed E-state index contributed by atoms with van der Waals surface area (Å²) in [6, 6.07) is 3.65. The van der Waals surface area contributed by atoms with E-state index in [9.17, 15) is 19.4 Å². The molecule has 2 rings (SSSR count). The van der Waals surface area contributed by atoms with Crippen molar-refractivity contribution in [3.8, 4) is 5.75 Å². The lowest BCUT2D eigenvalue weighted by molar-refractivity contribution is 0.0559. The normalized spacial score (nSPS) is 23.0. The molecule has 0 saturated carbocycles. The molecule has 1 atom stereocenters. The average molecular weight is 254 g/mol. The number of carbonyl (C=O) groups is 1. The van der Waals surface area contributed by atoms with Crippen molar-refractivity contribution in [2.75, 3.05) is 19.6 Å². The van der Waals surface area contributed by atoms with E-state index in [0.717, 1.165) is 6.07 Å². The van der Waals surface area contributed by atoms with E-state index in [2.05, 4.69) is 10.6 Å². The van der Waals surface area contributed by atoms with Gasteiger partial charge in [0.25, 0.3) is 5.91 Å². The molecule has 1 aliphatic rings. The minimum absolute atomic E-state index is 0.0204. The topological polar surface area (TPSA) is 81.6 Å². The van der Waals surface area contributed by atoms with Gasteiger partial charge in [-0.05, 0) is 25.1 Å². The highest BCUT2D eigenvalue weighted by molar-refractivity contribution is 5.97. The SMILES string of the molecule is O=C(NCC1(O)CCNC1)c1c(O)cccc1F. The molecular formula is C12H15FN2O3. The molecule has 0 aliphatic carbocycles. The predicted molar refractivity (Wildman–Crippen MR) is 62.8 cm³/mol. The first-order valence-electron chi connectivity index (χ1n) is 5.71. The molecule has 1 aliphatic heterocycles. The third-order valence-corrected chi connectivity index (χ3v) is 3.02. The molecular weight excluding hydrogens is 239 g/mol. The Kier molecular flexibility index (Phi) is 3.49. The molecule has 4 N–H and O–H groups in total. The van der Waals surface area contributed by atoms with E-state index in [1.807, 2.05) is 0 Å². The fourth-order valence-electron chi connectivity index (χ4n) is 1.95. The first kappa shape index (κ1) is 12.8. The summed E-state index contributed by atoms with van der Waals surface area (Å²) in [6.45, 7) is 1.08. The zero-order chi connectivity index (χ0) is 13.2. The number of β-amino-alcohol motifs (C(OH)–C–C–N with tert-alkyl or cyclic N) is 1. The maximum absolute atomic E-state index is 13.4. The van der Waals surface area contributed by atoms with Crippen LogP contribution in [0.1, 0.15) is 16.8 Å². The second kappa shape index (κ2) is 4.91. The quantitative estimate of drug-likeness (QED) is 0.611. The van der Waals surface area contributed by atoms with Gasteiger partial charge in [-0.25, -0.2) is 4.39 Å². The van der Waals surface area contributed by atoms with Crippen LogP contribution in [0.25, 0.3) is 0 Å². The lowest BCUT2D eigenvalue weighted by atomic mass is 10.0. The molecule has 5 nitrogen and oxygen atoms in total. The van der Waals surface area contributed by atoms with Gasteiger partial charge in [0.15, 0.2) is 0 Å². The molecule has 18 heavy (non-hydrogen) atoms. The van der Waals surface area contributed by atoms with Crippen molar-refractivity contribution >= 4 is 5.91 Å². The number of halogens is 1. The van der Waals surface area contributed by atoms with Crippen LogP contribution in [0, 0.1) is 5.82 Å². The number of hydrogen-bond acceptors (Lipinski definition) is 4. The van der Waals surface area contributed by atoms with Crippen LogP contribution < -0.4 is 10.6 Å². The van der Waals surface area contributed by atoms with E-state index in [0.29, 0.717) is 19.5 Å². The van der Waals surface area contributed by atoms with E-state index in [4.69, 9.17) is 0 Å². The molecule has 1 heterocycles. The summed E-state index contributed by atoms with van der Waals surface area (Å²) in [6.07, 6.45) is 0.524. The van der Waals surface area contributed by atoms with Gasteiger partial charge in [0, 0.05) is 13.1 Å². The summed E-state index contributed by atoms with van der Waals surface area (Å²) < 4.78 is 13.4.